The molecule has 1 aromatic heterocycles. The first-order valence-corrected chi connectivity index (χ1v) is 3.53. The molecule has 1 N–H and O–H groups in total. The van der Waals surface area contributed by atoms with Gasteiger partial charge in [0.1, 0.15) is 0 Å². The van der Waals surface area contributed by atoms with Crippen LogP contribution in [0.3, 0.4) is 0 Å². The number of nitrogens with one attached hydrogen (secondary N) is 1. The molecular weight excluding hydrogens is 156 g/mol. The monoisotopic (exact) mass is 162 g/mol. The largest absolute Gasteiger partial charge is 0.324 e. The van der Waals surface area contributed by atoms with E-state index in [2.05, 4.69) is 10.3 Å². The Labute approximate surface area is 68.6 Å². The van der Waals surface area contributed by atoms with Gasteiger partial charge in [-0.2, -0.15) is 0 Å². The van der Waals surface area contributed by atoms with Crippen LogP contribution in [0.4, 0.5) is 5.69 Å². The summed E-state index contributed by atoms with van der Waals surface area (Å²) in [6.45, 7) is 0. The van der Waals surface area contributed by atoms with Gasteiger partial charge < -0.3 is 5.32 Å². The number of hydrogen-bond donors (Lipinski definition) is 1. The maximum atomic E-state index is 10.9. The highest BCUT2D eigenvalue weighted by Crippen LogP contribution is 2.23. The molecule has 0 fully saturated rings. The van der Waals surface area contributed by atoms with Gasteiger partial charge in [-0.05, 0) is 5.56 Å². The molecule has 4 heteroatoms. The SMILES string of the molecule is O=Cc1cncc2c1CC(=O)N2. The summed E-state index contributed by atoms with van der Waals surface area (Å²) in [5.41, 5.74) is 1.90. The van der Waals surface area contributed by atoms with E-state index < -0.39 is 0 Å². The van der Waals surface area contributed by atoms with E-state index in [9.17, 15) is 9.59 Å². The van der Waals surface area contributed by atoms with Crippen molar-refractivity contribution in [1.29, 1.82) is 0 Å². The first-order valence-electron chi connectivity index (χ1n) is 3.53. The number of amides is 1. The first kappa shape index (κ1) is 6.97. The lowest BCUT2D eigenvalue weighted by molar-refractivity contribution is -0.115. The molecule has 4 nitrogen and oxygen atoms in total. The third-order valence-electron chi connectivity index (χ3n) is 1.83. The van der Waals surface area contributed by atoms with E-state index >= 15 is 0 Å². The van der Waals surface area contributed by atoms with Crippen molar-refractivity contribution >= 4 is 17.9 Å². The summed E-state index contributed by atoms with van der Waals surface area (Å²) in [5, 5.41) is 2.61. The van der Waals surface area contributed by atoms with Crippen molar-refractivity contribution in [1.82, 2.24) is 4.98 Å². The Bertz CT molecular complexity index is 360. The molecule has 0 saturated heterocycles. The number of carbonyl (C=O) groups is 2. The predicted molar refractivity (Wildman–Crippen MR) is 42.0 cm³/mol. The number of fused-ring (bicyclic) bond motifs is 1. The fourth-order valence-corrected chi connectivity index (χ4v) is 1.26. The number of nitrogens with zero attached hydrogens (tertiary/aromatic N) is 1. The van der Waals surface area contributed by atoms with Gasteiger partial charge in [-0.25, -0.2) is 0 Å². The van der Waals surface area contributed by atoms with Gasteiger partial charge in [-0.3, -0.25) is 14.6 Å². The van der Waals surface area contributed by atoms with E-state index in [0.717, 1.165) is 5.56 Å². The van der Waals surface area contributed by atoms with Gasteiger partial charge in [-0.15, -0.1) is 0 Å². The van der Waals surface area contributed by atoms with Crippen molar-refractivity contribution in [3.05, 3.63) is 23.5 Å². The smallest absolute Gasteiger partial charge is 0.228 e. The molecule has 0 spiro atoms. The fraction of sp³-hybridized carbons (Fsp3) is 0.125. The Morgan fingerprint density at radius 2 is 2.33 bits per heavy atom. The maximum Gasteiger partial charge on any atom is 0.228 e. The Hall–Kier alpha value is -1.71. The number of anilines is 1. The summed E-state index contributed by atoms with van der Waals surface area (Å²) in [6, 6.07) is 0. The normalized spacial score (nSPS) is 13.8. The van der Waals surface area contributed by atoms with Crippen molar-refractivity contribution in [2.24, 2.45) is 0 Å². The number of pyridine rings is 1. The second-order valence-electron chi connectivity index (χ2n) is 2.60. The van der Waals surface area contributed by atoms with Crippen molar-refractivity contribution < 1.29 is 9.59 Å². The van der Waals surface area contributed by atoms with Crippen LogP contribution in [-0.4, -0.2) is 17.2 Å². The highest BCUT2D eigenvalue weighted by atomic mass is 16.1. The number of carbonyl (C=O) groups excluding carboxylic acids is 2. The van der Waals surface area contributed by atoms with Crippen LogP contribution in [-0.2, 0) is 11.2 Å². The van der Waals surface area contributed by atoms with Crippen LogP contribution in [0.5, 0.6) is 0 Å². The van der Waals surface area contributed by atoms with E-state index in [-0.39, 0.29) is 12.3 Å². The summed E-state index contributed by atoms with van der Waals surface area (Å²) in [7, 11) is 0. The predicted octanol–water partition coefficient (Wildman–Crippen LogP) is 0.389. The molecule has 1 amide bonds. The number of hydrogen-bond acceptors (Lipinski definition) is 3. The molecule has 0 aromatic carbocycles. The van der Waals surface area contributed by atoms with Crippen LogP contribution < -0.4 is 5.32 Å². The van der Waals surface area contributed by atoms with Crippen LogP contribution in [0, 0.1) is 0 Å². The van der Waals surface area contributed by atoms with Crippen LogP contribution >= 0.6 is 0 Å². The molecule has 1 aromatic rings. The van der Waals surface area contributed by atoms with Crippen LogP contribution in [0.1, 0.15) is 15.9 Å². The molecule has 12 heavy (non-hydrogen) atoms. The summed E-state index contributed by atoms with van der Waals surface area (Å²) >= 11 is 0. The Kier molecular flexibility index (Phi) is 1.40. The van der Waals surface area contributed by atoms with Gasteiger partial charge in [0.15, 0.2) is 6.29 Å². The average Bonchev–Trinajstić information content (AvgIpc) is 2.44. The fourth-order valence-electron chi connectivity index (χ4n) is 1.26. The zero-order chi connectivity index (χ0) is 8.55. The van der Waals surface area contributed by atoms with E-state index in [1.807, 2.05) is 0 Å². The van der Waals surface area contributed by atoms with Gasteiger partial charge in [0.2, 0.25) is 5.91 Å². The molecule has 0 bridgehead atoms. The molecule has 2 heterocycles. The summed E-state index contributed by atoms with van der Waals surface area (Å²) in [6.07, 6.45) is 4.01. The van der Waals surface area contributed by atoms with Crippen LogP contribution in [0.25, 0.3) is 0 Å². The molecule has 1 aliphatic rings. The highest BCUT2D eigenvalue weighted by molar-refractivity contribution is 6.01. The molecule has 0 atom stereocenters. The molecule has 0 saturated carbocycles. The van der Waals surface area contributed by atoms with Crippen molar-refractivity contribution in [3.63, 3.8) is 0 Å². The van der Waals surface area contributed by atoms with Gasteiger partial charge in [0, 0.05) is 11.8 Å². The van der Waals surface area contributed by atoms with Crippen molar-refractivity contribution in [2.75, 3.05) is 5.32 Å². The van der Waals surface area contributed by atoms with Crippen molar-refractivity contribution in [2.45, 2.75) is 6.42 Å². The van der Waals surface area contributed by atoms with Gasteiger partial charge >= 0.3 is 0 Å². The maximum absolute atomic E-state index is 10.9. The van der Waals surface area contributed by atoms with Gasteiger partial charge in [-0.1, -0.05) is 0 Å². The summed E-state index contributed by atoms with van der Waals surface area (Å²) in [5.74, 6) is -0.0823. The molecule has 60 valence electrons. The van der Waals surface area contributed by atoms with Crippen molar-refractivity contribution in [3.8, 4) is 0 Å². The quantitative estimate of drug-likeness (QED) is 0.607. The van der Waals surface area contributed by atoms with E-state index in [1.54, 1.807) is 6.20 Å². The topological polar surface area (TPSA) is 59.1 Å². The molecule has 0 aliphatic carbocycles. The lowest BCUT2D eigenvalue weighted by Gasteiger charge is -1.97. The Morgan fingerprint density at radius 1 is 1.50 bits per heavy atom. The van der Waals surface area contributed by atoms with Crippen LogP contribution in [0.2, 0.25) is 0 Å². The zero-order valence-electron chi connectivity index (χ0n) is 6.20. The minimum absolute atomic E-state index is 0.0823. The highest BCUT2D eigenvalue weighted by Gasteiger charge is 2.20. The lowest BCUT2D eigenvalue weighted by atomic mass is 10.1. The Balaban J connectivity index is 2.58. The minimum Gasteiger partial charge on any atom is -0.324 e. The van der Waals surface area contributed by atoms with Gasteiger partial charge in [0.05, 0.1) is 18.3 Å². The van der Waals surface area contributed by atoms with Crippen LogP contribution in [0.15, 0.2) is 12.4 Å². The molecule has 0 radical (unpaired) electrons. The first-order chi connectivity index (χ1) is 5.81. The third kappa shape index (κ3) is 0.887. The molecular formula is C8H6N2O2. The standard InChI is InChI=1S/C8H6N2O2/c11-4-5-2-9-3-7-6(5)1-8(12)10-7/h2-4H,1H2,(H,10,12). The lowest BCUT2D eigenvalue weighted by Crippen LogP contribution is -2.03. The van der Waals surface area contributed by atoms with E-state index in [0.29, 0.717) is 17.5 Å². The average molecular weight is 162 g/mol. The van der Waals surface area contributed by atoms with Gasteiger partial charge in [0.25, 0.3) is 0 Å². The van der Waals surface area contributed by atoms with E-state index in [4.69, 9.17) is 0 Å². The molecule has 1 aliphatic heterocycles. The number of aromatic nitrogens is 1. The third-order valence-corrected chi connectivity index (χ3v) is 1.83. The Morgan fingerprint density at radius 3 is 3.08 bits per heavy atom. The number of aldehydes is 1. The number of rotatable bonds is 1. The summed E-state index contributed by atoms with van der Waals surface area (Å²) < 4.78 is 0. The molecule has 0 unspecified atom stereocenters. The summed E-state index contributed by atoms with van der Waals surface area (Å²) in [4.78, 5) is 25.2. The second kappa shape index (κ2) is 2.41. The minimum atomic E-state index is -0.0823. The zero-order valence-corrected chi connectivity index (χ0v) is 6.20. The molecule has 2 rings (SSSR count). The van der Waals surface area contributed by atoms with E-state index in [1.165, 1.54) is 6.20 Å². The second-order valence-corrected chi connectivity index (χ2v) is 2.60.